The van der Waals surface area contributed by atoms with E-state index in [9.17, 15) is 0 Å². The van der Waals surface area contributed by atoms with Gasteiger partial charge in [-0.15, -0.1) is 0 Å². The monoisotopic (exact) mass is 347 g/mol. The van der Waals surface area contributed by atoms with Crippen molar-refractivity contribution in [3.05, 3.63) is 52.7 Å². The van der Waals surface area contributed by atoms with Gasteiger partial charge >= 0.3 is 0 Å². The van der Waals surface area contributed by atoms with E-state index >= 15 is 0 Å². The van der Waals surface area contributed by atoms with Gasteiger partial charge in [-0.05, 0) is 51.3 Å². The summed E-state index contributed by atoms with van der Waals surface area (Å²) in [6, 6.07) is 4.83. The van der Waals surface area contributed by atoms with Crippen LogP contribution in [0.1, 0.15) is 47.1 Å². The van der Waals surface area contributed by atoms with Gasteiger partial charge in [-0.25, -0.2) is 9.97 Å². The predicted molar refractivity (Wildman–Crippen MR) is 102 cm³/mol. The molecule has 2 aliphatic rings. The fourth-order valence-corrected chi connectivity index (χ4v) is 4.68. The quantitative estimate of drug-likeness (QED) is 0.729. The van der Waals surface area contributed by atoms with Crippen LogP contribution >= 0.6 is 0 Å². The molecule has 1 atom stereocenters. The summed E-state index contributed by atoms with van der Waals surface area (Å²) >= 11 is 0. The molecule has 3 aromatic heterocycles. The first-order valence-corrected chi connectivity index (χ1v) is 9.71. The Morgan fingerprint density at radius 3 is 2.85 bits per heavy atom. The molecule has 3 aromatic rings. The highest BCUT2D eigenvalue weighted by Crippen LogP contribution is 2.42. The van der Waals surface area contributed by atoms with Crippen LogP contribution in [0.2, 0.25) is 0 Å². The van der Waals surface area contributed by atoms with E-state index in [1.807, 2.05) is 26.2 Å². The minimum absolute atomic E-state index is 0.541. The van der Waals surface area contributed by atoms with Crippen LogP contribution in [0, 0.1) is 13.8 Å². The summed E-state index contributed by atoms with van der Waals surface area (Å²) in [5.74, 6) is 0. The molecule has 1 fully saturated rings. The van der Waals surface area contributed by atoms with Gasteiger partial charge in [0.25, 0.3) is 0 Å². The Morgan fingerprint density at radius 1 is 1.08 bits per heavy atom. The zero-order chi connectivity index (χ0) is 17.7. The maximum absolute atomic E-state index is 4.91. The molecular formula is C21H25N5. The number of aryl methyl sites for hydroxylation is 4. The molecule has 134 valence electrons. The van der Waals surface area contributed by atoms with Crippen LogP contribution < -0.4 is 0 Å². The molecule has 5 heteroatoms. The Kier molecular flexibility index (Phi) is 3.78. The second-order valence-corrected chi connectivity index (χ2v) is 7.70. The van der Waals surface area contributed by atoms with Crippen LogP contribution in [0.4, 0.5) is 0 Å². The van der Waals surface area contributed by atoms with E-state index < -0.39 is 0 Å². The third-order valence-corrected chi connectivity index (χ3v) is 5.95. The lowest BCUT2D eigenvalue weighted by molar-refractivity contribution is 0.241. The van der Waals surface area contributed by atoms with Crippen molar-refractivity contribution in [2.75, 3.05) is 13.1 Å². The van der Waals surface area contributed by atoms with Crippen molar-refractivity contribution in [1.82, 2.24) is 24.4 Å². The molecule has 0 N–H and O–H groups in total. The van der Waals surface area contributed by atoms with Crippen LogP contribution in [0.25, 0.3) is 11.2 Å². The first kappa shape index (κ1) is 15.9. The number of hydrogen-bond acceptors (Lipinski definition) is 4. The second kappa shape index (κ2) is 6.16. The predicted octanol–water partition coefficient (Wildman–Crippen LogP) is 3.38. The molecule has 0 aromatic carbocycles. The first-order chi connectivity index (χ1) is 12.7. The maximum atomic E-state index is 4.91. The molecule has 0 spiro atoms. The molecular weight excluding hydrogens is 322 g/mol. The fourth-order valence-electron chi connectivity index (χ4n) is 4.68. The summed E-state index contributed by atoms with van der Waals surface area (Å²) in [5, 5.41) is 0. The zero-order valence-electron chi connectivity index (χ0n) is 15.6. The lowest BCUT2D eigenvalue weighted by Crippen LogP contribution is -2.31. The lowest BCUT2D eigenvalue weighted by atomic mass is 9.98. The Morgan fingerprint density at radius 2 is 2.00 bits per heavy atom. The van der Waals surface area contributed by atoms with Gasteiger partial charge in [-0.3, -0.25) is 9.88 Å². The highest BCUT2D eigenvalue weighted by molar-refractivity contribution is 5.79. The van der Waals surface area contributed by atoms with Gasteiger partial charge in [0, 0.05) is 48.7 Å². The number of pyridine rings is 1. The van der Waals surface area contributed by atoms with Crippen molar-refractivity contribution in [3.8, 4) is 0 Å². The average Bonchev–Trinajstić information content (AvgIpc) is 3.23. The second-order valence-electron chi connectivity index (χ2n) is 7.70. The summed E-state index contributed by atoms with van der Waals surface area (Å²) in [6.45, 7) is 7.42. The summed E-state index contributed by atoms with van der Waals surface area (Å²) in [7, 11) is 0. The summed E-state index contributed by atoms with van der Waals surface area (Å²) in [4.78, 5) is 16.8. The van der Waals surface area contributed by atoms with Crippen LogP contribution in [0.3, 0.4) is 0 Å². The minimum Gasteiger partial charge on any atom is -0.328 e. The normalized spacial score (nSPS) is 19.7. The molecule has 0 aliphatic carbocycles. The van der Waals surface area contributed by atoms with Crippen molar-refractivity contribution in [1.29, 1.82) is 0 Å². The molecule has 0 amide bonds. The fraction of sp³-hybridized carbons (Fsp3) is 0.476. The molecule has 2 aliphatic heterocycles. The Balaban J connectivity index is 1.57. The number of rotatable bonds is 3. The van der Waals surface area contributed by atoms with E-state index in [0.29, 0.717) is 6.04 Å². The average molecular weight is 347 g/mol. The molecule has 5 rings (SSSR count). The van der Waals surface area contributed by atoms with E-state index in [2.05, 4.69) is 26.6 Å². The first-order valence-electron chi connectivity index (χ1n) is 9.71. The van der Waals surface area contributed by atoms with Crippen LogP contribution in [0.15, 0.2) is 24.5 Å². The number of hydrogen-bond donors (Lipinski definition) is 0. The minimum atomic E-state index is 0.541. The van der Waals surface area contributed by atoms with Gasteiger partial charge < -0.3 is 4.57 Å². The van der Waals surface area contributed by atoms with Gasteiger partial charge in [-0.2, -0.15) is 0 Å². The van der Waals surface area contributed by atoms with Crippen molar-refractivity contribution < 1.29 is 0 Å². The zero-order valence-corrected chi connectivity index (χ0v) is 15.6. The summed E-state index contributed by atoms with van der Waals surface area (Å²) < 4.78 is 2.44. The topological polar surface area (TPSA) is 46.8 Å². The molecule has 26 heavy (non-hydrogen) atoms. The Hall–Kier alpha value is -2.27. The highest BCUT2D eigenvalue weighted by Gasteiger charge is 2.36. The van der Waals surface area contributed by atoms with Gasteiger partial charge in [-0.1, -0.05) is 6.07 Å². The van der Waals surface area contributed by atoms with Crippen molar-refractivity contribution in [3.63, 3.8) is 0 Å². The maximum Gasteiger partial charge on any atom is 0.159 e. The third-order valence-electron chi connectivity index (χ3n) is 5.95. The van der Waals surface area contributed by atoms with E-state index in [0.717, 1.165) is 41.9 Å². The Labute approximate surface area is 154 Å². The summed E-state index contributed by atoms with van der Waals surface area (Å²) in [5.41, 5.74) is 8.49. The number of fused-ring (bicyclic) bond motifs is 5. The van der Waals surface area contributed by atoms with Crippen molar-refractivity contribution in [2.45, 2.75) is 52.1 Å². The van der Waals surface area contributed by atoms with Crippen LogP contribution in [-0.2, 0) is 19.4 Å². The molecule has 0 saturated carbocycles. The van der Waals surface area contributed by atoms with E-state index in [1.54, 1.807) is 0 Å². The van der Waals surface area contributed by atoms with Gasteiger partial charge in [0.1, 0.15) is 5.52 Å². The molecule has 0 radical (unpaired) electrons. The van der Waals surface area contributed by atoms with E-state index in [-0.39, 0.29) is 0 Å². The highest BCUT2D eigenvalue weighted by atomic mass is 15.2. The molecule has 1 saturated heterocycles. The van der Waals surface area contributed by atoms with Crippen molar-refractivity contribution in [2.24, 2.45) is 0 Å². The summed E-state index contributed by atoms with van der Waals surface area (Å²) in [6.07, 6.45) is 8.54. The van der Waals surface area contributed by atoms with Gasteiger partial charge in [0.15, 0.2) is 5.65 Å². The smallest absolute Gasteiger partial charge is 0.159 e. The van der Waals surface area contributed by atoms with E-state index in [1.165, 1.54) is 42.8 Å². The van der Waals surface area contributed by atoms with Crippen LogP contribution in [0.5, 0.6) is 0 Å². The van der Waals surface area contributed by atoms with E-state index in [4.69, 9.17) is 9.97 Å². The lowest BCUT2D eigenvalue weighted by Gasteiger charge is -2.30. The van der Waals surface area contributed by atoms with Crippen molar-refractivity contribution >= 4 is 11.2 Å². The number of aromatic nitrogens is 4. The molecule has 5 heterocycles. The molecule has 0 bridgehead atoms. The van der Waals surface area contributed by atoms with Crippen LogP contribution in [-0.4, -0.2) is 37.5 Å². The largest absolute Gasteiger partial charge is 0.328 e. The number of nitrogens with zero attached hydrogens (tertiary/aromatic N) is 5. The van der Waals surface area contributed by atoms with Gasteiger partial charge in [0.2, 0.25) is 0 Å². The Bertz CT molecular complexity index is 957. The third kappa shape index (κ3) is 2.53. The molecule has 1 unspecified atom stereocenters. The molecule has 5 nitrogen and oxygen atoms in total. The standard InChI is InChI=1S/C21H25N5/c1-14-5-6-16(13-22-14)7-11-26-18-8-10-25-9-3-4-17(25)19(18)20-21(26)23-12-15(2)24-20/h5-6,12-13,17H,3-4,7-11H2,1-2H3. The van der Waals surface area contributed by atoms with Gasteiger partial charge in [0.05, 0.1) is 11.9 Å². The SMILES string of the molecule is Cc1ccc(CCn2c3c(c4nc(C)cnc42)C2CCCN2CC3)cn1.